The summed E-state index contributed by atoms with van der Waals surface area (Å²) in [4.78, 5) is 28.8. The molecule has 0 spiro atoms. The summed E-state index contributed by atoms with van der Waals surface area (Å²) in [6, 6.07) is 6.78. The summed E-state index contributed by atoms with van der Waals surface area (Å²) in [6.07, 6.45) is 1.51. The molecule has 0 atom stereocenters. The number of methoxy groups -OCH3 is 2. The minimum Gasteiger partial charge on any atom is -0.497 e. The first-order valence-corrected chi connectivity index (χ1v) is 8.39. The maximum atomic E-state index is 12.8. The summed E-state index contributed by atoms with van der Waals surface area (Å²) in [5.41, 5.74) is 1.08. The zero-order valence-electron chi connectivity index (χ0n) is 15.2. The molecular formula is C19H22N2O5. The van der Waals surface area contributed by atoms with Crippen molar-refractivity contribution in [2.45, 2.75) is 6.92 Å². The largest absolute Gasteiger partial charge is 0.497 e. The molecule has 0 radical (unpaired) electrons. The third-order valence-corrected chi connectivity index (χ3v) is 4.54. The minimum atomic E-state index is -0.103. The molecule has 0 unspecified atom stereocenters. The zero-order chi connectivity index (χ0) is 18.7. The van der Waals surface area contributed by atoms with Gasteiger partial charge in [0.2, 0.25) is 0 Å². The van der Waals surface area contributed by atoms with Gasteiger partial charge >= 0.3 is 0 Å². The SMILES string of the molecule is COc1cc(OC)cc(C(=O)N2CCN(C(=O)c3ccoc3C)CC2)c1. The summed E-state index contributed by atoms with van der Waals surface area (Å²) in [5, 5.41) is 0. The van der Waals surface area contributed by atoms with Crippen LogP contribution < -0.4 is 9.47 Å². The van der Waals surface area contributed by atoms with E-state index in [0.717, 1.165) is 0 Å². The monoisotopic (exact) mass is 358 g/mol. The summed E-state index contributed by atoms with van der Waals surface area (Å²) in [7, 11) is 3.09. The number of aryl methyl sites for hydroxylation is 1. The molecule has 2 aromatic rings. The highest BCUT2D eigenvalue weighted by Crippen LogP contribution is 2.24. The molecule has 1 aliphatic heterocycles. The Balaban J connectivity index is 1.67. The van der Waals surface area contributed by atoms with Gasteiger partial charge in [0.25, 0.3) is 11.8 Å². The van der Waals surface area contributed by atoms with Gasteiger partial charge in [-0.2, -0.15) is 0 Å². The van der Waals surface area contributed by atoms with Crippen LogP contribution in [0.5, 0.6) is 11.5 Å². The van der Waals surface area contributed by atoms with Gasteiger partial charge in [0.1, 0.15) is 17.3 Å². The number of hydrogen-bond acceptors (Lipinski definition) is 5. The number of furan rings is 1. The number of piperazine rings is 1. The number of amides is 2. The molecule has 0 N–H and O–H groups in total. The van der Waals surface area contributed by atoms with Gasteiger partial charge in [-0.25, -0.2) is 0 Å². The number of ether oxygens (including phenoxy) is 2. The Bertz CT molecular complexity index is 784. The highest BCUT2D eigenvalue weighted by Gasteiger charge is 2.27. The molecule has 0 aliphatic carbocycles. The number of hydrogen-bond donors (Lipinski definition) is 0. The number of carbonyl (C=O) groups excluding carboxylic acids is 2. The van der Waals surface area contributed by atoms with Gasteiger partial charge in [0.05, 0.1) is 26.0 Å². The molecule has 7 heteroatoms. The van der Waals surface area contributed by atoms with Gasteiger partial charge in [-0.1, -0.05) is 0 Å². The molecule has 3 rings (SSSR count). The Morgan fingerprint density at radius 2 is 1.46 bits per heavy atom. The minimum absolute atomic E-state index is 0.0635. The fourth-order valence-electron chi connectivity index (χ4n) is 3.00. The Kier molecular flexibility index (Phi) is 5.16. The second kappa shape index (κ2) is 7.51. The van der Waals surface area contributed by atoms with Crippen LogP contribution in [0.15, 0.2) is 34.9 Å². The Labute approximate surface area is 152 Å². The average Bonchev–Trinajstić information content (AvgIpc) is 3.12. The lowest BCUT2D eigenvalue weighted by atomic mass is 10.1. The second-order valence-corrected chi connectivity index (χ2v) is 6.08. The number of rotatable bonds is 4. The lowest BCUT2D eigenvalue weighted by Crippen LogP contribution is -2.50. The first-order valence-electron chi connectivity index (χ1n) is 8.39. The molecule has 0 bridgehead atoms. The van der Waals surface area contributed by atoms with Crippen LogP contribution in [0.4, 0.5) is 0 Å². The molecule has 1 aromatic heterocycles. The van der Waals surface area contributed by atoms with Crippen LogP contribution in [-0.2, 0) is 0 Å². The van der Waals surface area contributed by atoms with Crippen molar-refractivity contribution >= 4 is 11.8 Å². The van der Waals surface area contributed by atoms with Crippen LogP contribution in [0.3, 0.4) is 0 Å². The maximum Gasteiger partial charge on any atom is 0.257 e. The van der Waals surface area contributed by atoms with Gasteiger partial charge in [-0.15, -0.1) is 0 Å². The molecule has 1 fully saturated rings. The lowest BCUT2D eigenvalue weighted by molar-refractivity contribution is 0.0534. The van der Waals surface area contributed by atoms with Crippen LogP contribution in [0, 0.1) is 6.92 Å². The van der Waals surface area contributed by atoms with Gasteiger partial charge in [-0.3, -0.25) is 9.59 Å². The summed E-state index contributed by atoms with van der Waals surface area (Å²) >= 11 is 0. The van der Waals surface area contributed by atoms with Crippen molar-refractivity contribution in [3.05, 3.63) is 47.4 Å². The van der Waals surface area contributed by atoms with Crippen molar-refractivity contribution in [2.75, 3.05) is 40.4 Å². The predicted molar refractivity (Wildman–Crippen MR) is 94.8 cm³/mol. The van der Waals surface area contributed by atoms with E-state index < -0.39 is 0 Å². The van der Waals surface area contributed by atoms with E-state index in [-0.39, 0.29) is 11.8 Å². The quantitative estimate of drug-likeness (QED) is 0.838. The standard InChI is InChI=1S/C19H22N2O5/c1-13-17(4-9-26-13)19(23)21-7-5-20(6-8-21)18(22)14-10-15(24-2)12-16(11-14)25-3/h4,9-12H,5-8H2,1-3H3. The van der Waals surface area contributed by atoms with Crippen molar-refractivity contribution in [1.82, 2.24) is 9.80 Å². The van der Waals surface area contributed by atoms with Crippen molar-refractivity contribution in [1.29, 1.82) is 0 Å². The van der Waals surface area contributed by atoms with Crippen LogP contribution >= 0.6 is 0 Å². The Morgan fingerprint density at radius 3 is 1.92 bits per heavy atom. The first-order chi connectivity index (χ1) is 12.5. The fourth-order valence-corrected chi connectivity index (χ4v) is 3.00. The maximum absolute atomic E-state index is 12.8. The van der Waals surface area contributed by atoms with E-state index in [2.05, 4.69) is 0 Å². The summed E-state index contributed by atoms with van der Waals surface area (Å²) in [5.74, 6) is 1.58. The van der Waals surface area contributed by atoms with Crippen LogP contribution in [0.2, 0.25) is 0 Å². The second-order valence-electron chi connectivity index (χ2n) is 6.08. The predicted octanol–water partition coefficient (Wildman–Crippen LogP) is 2.20. The van der Waals surface area contributed by atoms with E-state index in [4.69, 9.17) is 13.9 Å². The third-order valence-electron chi connectivity index (χ3n) is 4.54. The Hall–Kier alpha value is -2.96. The van der Waals surface area contributed by atoms with E-state index in [1.54, 1.807) is 55.2 Å². The highest BCUT2D eigenvalue weighted by atomic mass is 16.5. The molecule has 1 saturated heterocycles. The van der Waals surface area contributed by atoms with Crippen molar-refractivity contribution in [3.63, 3.8) is 0 Å². The molecule has 2 heterocycles. The van der Waals surface area contributed by atoms with E-state index in [1.807, 2.05) is 0 Å². The smallest absolute Gasteiger partial charge is 0.257 e. The van der Waals surface area contributed by atoms with Gasteiger partial charge < -0.3 is 23.7 Å². The summed E-state index contributed by atoms with van der Waals surface area (Å²) in [6.45, 7) is 3.68. The van der Waals surface area contributed by atoms with E-state index in [9.17, 15) is 9.59 Å². The van der Waals surface area contributed by atoms with Crippen LogP contribution in [0.1, 0.15) is 26.5 Å². The average molecular weight is 358 g/mol. The molecule has 2 amide bonds. The van der Waals surface area contributed by atoms with Crippen molar-refractivity contribution in [2.24, 2.45) is 0 Å². The molecule has 138 valence electrons. The van der Waals surface area contributed by atoms with Crippen LogP contribution in [0.25, 0.3) is 0 Å². The van der Waals surface area contributed by atoms with Gasteiger partial charge in [0.15, 0.2) is 0 Å². The van der Waals surface area contributed by atoms with Gasteiger partial charge in [-0.05, 0) is 25.1 Å². The molecule has 7 nitrogen and oxygen atoms in total. The number of nitrogens with zero attached hydrogens (tertiary/aromatic N) is 2. The van der Waals surface area contributed by atoms with Crippen molar-refractivity contribution in [3.8, 4) is 11.5 Å². The van der Waals surface area contributed by atoms with E-state index in [1.165, 1.54) is 6.26 Å². The lowest BCUT2D eigenvalue weighted by Gasteiger charge is -2.34. The molecule has 0 saturated carbocycles. The third kappa shape index (κ3) is 3.51. The van der Waals surface area contributed by atoms with Gasteiger partial charge in [0, 0.05) is 37.8 Å². The molecule has 26 heavy (non-hydrogen) atoms. The first kappa shape index (κ1) is 17.8. The fraction of sp³-hybridized carbons (Fsp3) is 0.368. The van der Waals surface area contributed by atoms with Crippen LogP contribution in [-0.4, -0.2) is 62.0 Å². The van der Waals surface area contributed by atoms with E-state index >= 15 is 0 Å². The topological polar surface area (TPSA) is 72.2 Å². The van der Waals surface area contributed by atoms with Crippen molar-refractivity contribution < 1.29 is 23.5 Å². The summed E-state index contributed by atoms with van der Waals surface area (Å²) < 4.78 is 15.6. The number of benzene rings is 1. The molecule has 1 aliphatic rings. The molecule has 1 aromatic carbocycles. The zero-order valence-corrected chi connectivity index (χ0v) is 15.2. The molecular weight excluding hydrogens is 336 g/mol. The van der Waals surface area contributed by atoms with E-state index in [0.29, 0.717) is 54.6 Å². The number of carbonyl (C=O) groups is 2. The Morgan fingerprint density at radius 1 is 0.923 bits per heavy atom. The highest BCUT2D eigenvalue weighted by molar-refractivity contribution is 5.96. The normalized spacial score (nSPS) is 14.3.